The van der Waals surface area contributed by atoms with Gasteiger partial charge in [0, 0.05) is 18.0 Å². The first kappa shape index (κ1) is 23.9. The van der Waals surface area contributed by atoms with E-state index in [0.29, 0.717) is 46.4 Å². The SMILES string of the molecule is Cn1c(C(=O)Nc2ccc(C#N)cc2-c2noc(=O)[nH]2)cc2cccc(OCC3COc4ccccc4O3)c21. The summed E-state index contributed by atoms with van der Waals surface area (Å²) in [6.45, 7) is 0.613. The van der Waals surface area contributed by atoms with Crippen LogP contribution in [0.5, 0.6) is 17.2 Å². The Kier molecular flexibility index (Phi) is 5.97. The maximum atomic E-state index is 13.4. The number of hydrogen-bond acceptors (Lipinski definition) is 8. The average molecular weight is 524 g/mol. The van der Waals surface area contributed by atoms with E-state index in [1.807, 2.05) is 48.5 Å². The maximum Gasteiger partial charge on any atom is 0.439 e. The van der Waals surface area contributed by atoms with Gasteiger partial charge >= 0.3 is 5.76 Å². The molecule has 0 saturated carbocycles. The third kappa shape index (κ3) is 4.55. The summed E-state index contributed by atoms with van der Waals surface area (Å²) in [7, 11) is 1.77. The molecule has 1 amide bonds. The van der Waals surface area contributed by atoms with Crippen molar-refractivity contribution in [2.24, 2.45) is 7.05 Å². The van der Waals surface area contributed by atoms with E-state index in [2.05, 4.69) is 20.0 Å². The molecule has 11 heteroatoms. The fourth-order valence-corrected chi connectivity index (χ4v) is 4.49. The topological polar surface area (TPSA) is 144 Å². The van der Waals surface area contributed by atoms with Crippen LogP contribution in [0.2, 0.25) is 0 Å². The lowest BCUT2D eigenvalue weighted by Gasteiger charge is -2.26. The number of aromatic amines is 1. The number of nitrogens with zero attached hydrogens (tertiary/aromatic N) is 3. The number of carbonyl (C=O) groups is 1. The predicted molar refractivity (Wildman–Crippen MR) is 140 cm³/mol. The molecule has 39 heavy (non-hydrogen) atoms. The molecule has 2 N–H and O–H groups in total. The Balaban J connectivity index is 1.25. The molecule has 2 aromatic heterocycles. The van der Waals surface area contributed by atoms with E-state index in [4.69, 9.17) is 14.2 Å². The van der Waals surface area contributed by atoms with Crippen molar-refractivity contribution in [2.45, 2.75) is 6.10 Å². The van der Waals surface area contributed by atoms with Crippen molar-refractivity contribution in [2.75, 3.05) is 18.5 Å². The third-order valence-corrected chi connectivity index (χ3v) is 6.34. The number of H-pyrrole nitrogens is 1. The molecule has 0 fully saturated rings. The summed E-state index contributed by atoms with van der Waals surface area (Å²) >= 11 is 0. The molecule has 0 spiro atoms. The number of ether oxygens (including phenoxy) is 3. The fraction of sp³-hybridized carbons (Fsp3) is 0.143. The zero-order valence-corrected chi connectivity index (χ0v) is 20.6. The summed E-state index contributed by atoms with van der Waals surface area (Å²) in [6, 6.07) is 21.5. The van der Waals surface area contributed by atoms with Gasteiger partial charge in [-0.15, -0.1) is 0 Å². The molecule has 0 aliphatic carbocycles. The van der Waals surface area contributed by atoms with Gasteiger partial charge in [0.05, 0.1) is 22.8 Å². The van der Waals surface area contributed by atoms with Crippen molar-refractivity contribution < 1.29 is 23.5 Å². The highest BCUT2D eigenvalue weighted by molar-refractivity contribution is 6.08. The number of nitrogens with one attached hydrogen (secondary N) is 2. The van der Waals surface area contributed by atoms with Crippen molar-refractivity contribution in [1.82, 2.24) is 14.7 Å². The highest BCUT2D eigenvalue weighted by Gasteiger charge is 2.23. The molecule has 0 bridgehead atoms. The minimum atomic E-state index is -0.750. The van der Waals surface area contributed by atoms with Crippen LogP contribution in [-0.4, -0.2) is 39.9 Å². The van der Waals surface area contributed by atoms with E-state index in [9.17, 15) is 14.9 Å². The van der Waals surface area contributed by atoms with Crippen molar-refractivity contribution in [3.8, 4) is 34.7 Å². The molecule has 1 aliphatic heterocycles. The summed E-state index contributed by atoms with van der Waals surface area (Å²) < 4.78 is 24.2. The first-order valence-corrected chi connectivity index (χ1v) is 12.0. The number of aryl methyl sites for hydroxylation is 1. The van der Waals surface area contributed by atoms with Crippen molar-refractivity contribution in [1.29, 1.82) is 5.26 Å². The van der Waals surface area contributed by atoms with Gasteiger partial charge in [0.15, 0.2) is 23.4 Å². The zero-order valence-electron chi connectivity index (χ0n) is 20.6. The van der Waals surface area contributed by atoms with Gasteiger partial charge in [-0.25, -0.2) is 4.79 Å². The molecule has 3 aromatic carbocycles. The Morgan fingerprint density at radius 2 is 2.03 bits per heavy atom. The lowest BCUT2D eigenvalue weighted by atomic mass is 10.1. The van der Waals surface area contributed by atoms with Gasteiger partial charge < -0.3 is 24.1 Å². The van der Waals surface area contributed by atoms with Crippen LogP contribution in [0.25, 0.3) is 22.3 Å². The first-order chi connectivity index (χ1) is 19.0. The number of aromatic nitrogens is 3. The summed E-state index contributed by atoms with van der Waals surface area (Å²) in [6.07, 6.45) is -0.295. The van der Waals surface area contributed by atoms with Gasteiger partial charge in [-0.2, -0.15) is 5.26 Å². The smallest absolute Gasteiger partial charge is 0.439 e. The molecule has 1 atom stereocenters. The molecule has 3 heterocycles. The van der Waals surface area contributed by atoms with Gasteiger partial charge in [0.1, 0.15) is 24.7 Å². The highest BCUT2D eigenvalue weighted by Crippen LogP contribution is 2.33. The first-order valence-electron chi connectivity index (χ1n) is 12.0. The molecule has 0 radical (unpaired) electrons. The zero-order chi connectivity index (χ0) is 26.9. The Bertz CT molecular complexity index is 1810. The monoisotopic (exact) mass is 523 g/mol. The number of para-hydroxylation sites is 3. The minimum absolute atomic E-state index is 0.0941. The van der Waals surface area contributed by atoms with E-state index in [0.717, 1.165) is 10.9 Å². The van der Waals surface area contributed by atoms with Crippen molar-refractivity contribution >= 4 is 22.5 Å². The number of anilines is 1. The number of nitriles is 1. The van der Waals surface area contributed by atoms with Gasteiger partial charge in [0.2, 0.25) is 0 Å². The lowest BCUT2D eigenvalue weighted by Crippen LogP contribution is -2.34. The number of fused-ring (bicyclic) bond motifs is 2. The van der Waals surface area contributed by atoms with Crippen LogP contribution in [0.3, 0.4) is 0 Å². The normalized spacial score (nSPS) is 14.1. The maximum absolute atomic E-state index is 13.4. The molecule has 1 aliphatic rings. The van der Waals surface area contributed by atoms with Crippen LogP contribution in [0.15, 0.2) is 76.0 Å². The van der Waals surface area contributed by atoms with Gasteiger partial charge in [-0.05, 0) is 42.5 Å². The van der Waals surface area contributed by atoms with E-state index in [1.54, 1.807) is 29.8 Å². The van der Waals surface area contributed by atoms with Crippen LogP contribution in [0, 0.1) is 11.3 Å². The number of amides is 1. The molecular formula is C28H21N5O6. The molecule has 11 nitrogen and oxygen atoms in total. The van der Waals surface area contributed by atoms with Crippen LogP contribution >= 0.6 is 0 Å². The largest absolute Gasteiger partial charge is 0.487 e. The third-order valence-electron chi connectivity index (χ3n) is 6.34. The van der Waals surface area contributed by atoms with Crippen molar-refractivity contribution in [3.63, 3.8) is 0 Å². The Hall–Kier alpha value is -5.50. The molecule has 0 saturated heterocycles. The Morgan fingerprint density at radius 3 is 2.82 bits per heavy atom. The number of hydrogen-bond donors (Lipinski definition) is 2. The van der Waals surface area contributed by atoms with E-state index >= 15 is 0 Å². The second kappa shape index (κ2) is 9.75. The molecule has 1 unspecified atom stereocenters. The number of carbonyl (C=O) groups excluding carboxylic acids is 1. The van der Waals surface area contributed by atoms with E-state index < -0.39 is 11.7 Å². The fourth-order valence-electron chi connectivity index (χ4n) is 4.49. The highest BCUT2D eigenvalue weighted by atomic mass is 16.6. The van der Waals surface area contributed by atoms with Crippen molar-refractivity contribution in [3.05, 3.63) is 88.5 Å². The minimum Gasteiger partial charge on any atom is -0.487 e. The predicted octanol–water partition coefficient (Wildman–Crippen LogP) is 3.86. The summed E-state index contributed by atoms with van der Waals surface area (Å²) in [4.78, 5) is 27.3. The van der Waals surface area contributed by atoms with Crippen LogP contribution in [0.4, 0.5) is 5.69 Å². The van der Waals surface area contributed by atoms with Crippen LogP contribution in [0.1, 0.15) is 16.1 Å². The van der Waals surface area contributed by atoms with Crippen LogP contribution < -0.4 is 25.3 Å². The number of benzene rings is 3. The van der Waals surface area contributed by atoms with Crippen LogP contribution in [-0.2, 0) is 7.05 Å². The van der Waals surface area contributed by atoms with Gasteiger partial charge in [-0.3, -0.25) is 14.3 Å². The van der Waals surface area contributed by atoms with Gasteiger partial charge in [-0.1, -0.05) is 29.4 Å². The Labute approximate surface area is 221 Å². The van der Waals surface area contributed by atoms with E-state index in [-0.39, 0.29) is 18.5 Å². The standard InChI is InChI=1S/C28H21N5O6/c1-33-21(27(34)30-20-10-9-16(13-29)11-19(20)26-31-28(35)39-32-26)12-17-5-4-8-24(25(17)33)37-15-18-14-36-22-6-2-3-7-23(22)38-18/h2-12,18H,14-15H2,1H3,(H,30,34)(H,31,32,35). The molecular weight excluding hydrogens is 502 g/mol. The second-order valence-corrected chi connectivity index (χ2v) is 8.86. The molecule has 194 valence electrons. The second-order valence-electron chi connectivity index (χ2n) is 8.86. The van der Waals surface area contributed by atoms with E-state index in [1.165, 1.54) is 6.07 Å². The lowest BCUT2D eigenvalue weighted by molar-refractivity contribution is 0.0539. The average Bonchev–Trinajstić information content (AvgIpc) is 3.55. The quantitative estimate of drug-likeness (QED) is 0.341. The molecule has 5 aromatic rings. The molecule has 6 rings (SSSR count). The summed E-state index contributed by atoms with van der Waals surface area (Å²) in [5.74, 6) is 0.907. The van der Waals surface area contributed by atoms with Gasteiger partial charge in [0.25, 0.3) is 5.91 Å². The number of rotatable bonds is 6. The summed E-state index contributed by atoms with van der Waals surface area (Å²) in [5.41, 5.74) is 2.12. The Morgan fingerprint density at radius 1 is 1.18 bits per heavy atom. The summed E-state index contributed by atoms with van der Waals surface area (Å²) in [5, 5.41) is 16.7.